The van der Waals surface area contributed by atoms with Crippen LogP contribution in [0.25, 0.3) is 0 Å². The van der Waals surface area contributed by atoms with Gasteiger partial charge in [0.25, 0.3) is 6.43 Å². The molecule has 0 saturated heterocycles. The zero-order chi connectivity index (χ0) is 10.0. The number of nitrogens with zero attached hydrogens (tertiary/aromatic N) is 1. The Morgan fingerprint density at radius 1 is 1.54 bits per heavy atom. The molecule has 1 rings (SSSR count). The van der Waals surface area contributed by atoms with Crippen molar-refractivity contribution in [2.75, 3.05) is 0 Å². The summed E-state index contributed by atoms with van der Waals surface area (Å²) < 4.78 is 37.0. The lowest BCUT2D eigenvalue weighted by Crippen LogP contribution is -2.04. The average molecular weight is 211 g/mol. The largest absolute Gasteiger partial charge is 0.326 e. The monoisotopic (exact) mass is 210 g/mol. The molecule has 0 atom stereocenters. The van der Waals surface area contributed by atoms with Gasteiger partial charge in [-0.25, -0.2) is 18.2 Å². The van der Waals surface area contributed by atoms with Crippen LogP contribution in [0.5, 0.6) is 0 Å². The van der Waals surface area contributed by atoms with Gasteiger partial charge in [-0.05, 0) is 0 Å². The predicted molar refractivity (Wildman–Crippen MR) is 42.1 cm³/mol. The fraction of sp³-hybridized carbons (Fsp3) is 0.286. The Bertz CT molecular complexity index is 294. The fourth-order valence-corrected chi connectivity index (χ4v) is 1.09. The Balaban J connectivity index is 3.20. The van der Waals surface area contributed by atoms with Crippen LogP contribution in [0.2, 0.25) is 5.15 Å². The minimum absolute atomic E-state index is 0.0499. The second-order valence-electron chi connectivity index (χ2n) is 2.30. The summed E-state index contributed by atoms with van der Waals surface area (Å²) in [5.41, 5.74) is 4.39. The molecule has 0 spiro atoms. The number of pyridine rings is 1. The third-order valence-corrected chi connectivity index (χ3v) is 1.78. The highest BCUT2D eigenvalue weighted by molar-refractivity contribution is 6.30. The van der Waals surface area contributed by atoms with Crippen LogP contribution in [0.3, 0.4) is 0 Å². The molecule has 0 fully saturated rings. The van der Waals surface area contributed by atoms with Crippen molar-refractivity contribution in [3.8, 4) is 0 Å². The fourth-order valence-electron chi connectivity index (χ4n) is 0.822. The minimum atomic E-state index is -2.83. The van der Waals surface area contributed by atoms with Gasteiger partial charge in [-0.3, -0.25) is 0 Å². The van der Waals surface area contributed by atoms with Crippen LogP contribution in [0.1, 0.15) is 17.7 Å². The van der Waals surface area contributed by atoms with Crippen molar-refractivity contribution in [2.24, 2.45) is 5.73 Å². The summed E-state index contributed by atoms with van der Waals surface area (Å²) in [6.07, 6.45) is -2.83. The number of halogens is 4. The zero-order valence-electron chi connectivity index (χ0n) is 6.40. The Morgan fingerprint density at radius 2 is 2.15 bits per heavy atom. The standard InChI is InChI=1S/C7H6ClF3N2/c8-6-3(2-12)4(9)1-5(13-6)7(10)11/h1,7H,2,12H2. The minimum Gasteiger partial charge on any atom is -0.326 e. The van der Waals surface area contributed by atoms with Crippen molar-refractivity contribution in [1.82, 2.24) is 4.98 Å². The molecule has 0 amide bonds. The van der Waals surface area contributed by atoms with E-state index in [1.54, 1.807) is 0 Å². The Kier molecular flexibility index (Phi) is 3.11. The number of nitrogens with two attached hydrogens (primary N) is 1. The van der Waals surface area contributed by atoms with E-state index in [0.717, 1.165) is 0 Å². The smallest absolute Gasteiger partial charge is 0.280 e. The summed E-state index contributed by atoms with van der Waals surface area (Å²) in [5.74, 6) is -0.849. The molecule has 0 unspecified atom stereocenters. The van der Waals surface area contributed by atoms with Crippen LogP contribution in [0.15, 0.2) is 6.07 Å². The molecule has 1 heterocycles. The number of alkyl halides is 2. The number of rotatable bonds is 2. The molecule has 13 heavy (non-hydrogen) atoms. The Morgan fingerprint density at radius 3 is 2.54 bits per heavy atom. The molecular weight excluding hydrogens is 205 g/mol. The molecule has 0 aliphatic carbocycles. The lowest BCUT2D eigenvalue weighted by Gasteiger charge is -2.04. The highest BCUT2D eigenvalue weighted by Gasteiger charge is 2.15. The van der Waals surface area contributed by atoms with E-state index in [9.17, 15) is 13.2 Å². The first-order chi connectivity index (χ1) is 6.06. The van der Waals surface area contributed by atoms with Crippen molar-refractivity contribution in [3.63, 3.8) is 0 Å². The van der Waals surface area contributed by atoms with E-state index in [0.29, 0.717) is 6.07 Å². The van der Waals surface area contributed by atoms with Crippen LogP contribution < -0.4 is 5.73 Å². The summed E-state index contributed by atoms with van der Waals surface area (Å²) in [5, 5.41) is -0.308. The normalized spacial score (nSPS) is 10.9. The Hall–Kier alpha value is -0.810. The molecule has 0 radical (unpaired) electrons. The molecular formula is C7H6ClF3N2. The maximum Gasteiger partial charge on any atom is 0.280 e. The molecule has 0 aromatic carbocycles. The SMILES string of the molecule is NCc1c(F)cc(C(F)F)nc1Cl. The average Bonchev–Trinajstić information content (AvgIpc) is 2.03. The molecule has 0 saturated carbocycles. The van der Waals surface area contributed by atoms with Gasteiger partial charge in [0.2, 0.25) is 0 Å². The number of aromatic nitrogens is 1. The highest BCUT2D eigenvalue weighted by atomic mass is 35.5. The van der Waals surface area contributed by atoms with E-state index in [1.807, 2.05) is 0 Å². The summed E-state index contributed by atoms with van der Waals surface area (Å²) in [6, 6.07) is 0.638. The van der Waals surface area contributed by atoms with Gasteiger partial charge in [0.1, 0.15) is 16.7 Å². The van der Waals surface area contributed by atoms with Crippen molar-refractivity contribution in [3.05, 3.63) is 28.3 Å². The third kappa shape index (κ3) is 2.10. The van der Waals surface area contributed by atoms with Gasteiger partial charge in [-0.1, -0.05) is 11.6 Å². The van der Waals surface area contributed by atoms with E-state index < -0.39 is 17.9 Å². The highest BCUT2D eigenvalue weighted by Crippen LogP contribution is 2.23. The van der Waals surface area contributed by atoms with Crippen LogP contribution in [0.4, 0.5) is 13.2 Å². The van der Waals surface area contributed by atoms with E-state index >= 15 is 0 Å². The lowest BCUT2D eigenvalue weighted by atomic mass is 10.2. The Labute approximate surface area is 77.5 Å². The van der Waals surface area contributed by atoms with Gasteiger partial charge in [-0.2, -0.15) is 0 Å². The first-order valence-corrected chi connectivity index (χ1v) is 3.77. The van der Waals surface area contributed by atoms with E-state index in [1.165, 1.54) is 0 Å². The van der Waals surface area contributed by atoms with Crippen LogP contribution in [-0.2, 0) is 6.54 Å². The van der Waals surface area contributed by atoms with E-state index in [4.69, 9.17) is 17.3 Å². The van der Waals surface area contributed by atoms with Crippen LogP contribution >= 0.6 is 11.6 Å². The van der Waals surface area contributed by atoms with Crippen LogP contribution in [-0.4, -0.2) is 4.98 Å². The van der Waals surface area contributed by atoms with E-state index in [-0.39, 0.29) is 17.3 Å². The molecule has 1 aromatic rings. The molecule has 2 N–H and O–H groups in total. The molecule has 0 bridgehead atoms. The summed E-state index contributed by atoms with van der Waals surface area (Å²) >= 11 is 5.41. The third-order valence-electron chi connectivity index (χ3n) is 1.47. The van der Waals surface area contributed by atoms with Gasteiger partial charge in [0, 0.05) is 18.2 Å². The molecule has 0 aliphatic heterocycles. The number of hydrogen-bond donors (Lipinski definition) is 1. The van der Waals surface area contributed by atoms with Gasteiger partial charge in [0.15, 0.2) is 0 Å². The van der Waals surface area contributed by atoms with Crippen molar-refractivity contribution >= 4 is 11.6 Å². The predicted octanol–water partition coefficient (Wildman–Crippen LogP) is 2.27. The molecule has 2 nitrogen and oxygen atoms in total. The number of hydrogen-bond acceptors (Lipinski definition) is 2. The maximum absolute atomic E-state index is 12.9. The van der Waals surface area contributed by atoms with Gasteiger partial charge >= 0.3 is 0 Å². The van der Waals surface area contributed by atoms with Crippen molar-refractivity contribution in [2.45, 2.75) is 13.0 Å². The molecule has 1 aromatic heterocycles. The van der Waals surface area contributed by atoms with Crippen molar-refractivity contribution < 1.29 is 13.2 Å². The molecule has 72 valence electrons. The van der Waals surface area contributed by atoms with E-state index in [2.05, 4.69) is 4.98 Å². The summed E-state index contributed by atoms with van der Waals surface area (Å²) in [4.78, 5) is 3.30. The molecule has 0 aliphatic rings. The zero-order valence-corrected chi connectivity index (χ0v) is 7.15. The topological polar surface area (TPSA) is 38.9 Å². The second kappa shape index (κ2) is 3.93. The van der Waals surface area contributed by atoms with Gasteiger partial charge in [-0.15, -0.1) is 0 Å². The summed E-state index contributed by atoms with van der Waals surface area (Å²) in [6.45, 7) is -0.165. The lowest BCUT2D eigenvalue weighted by molar-refractivity contribution is 0.145. The first-order valence-electron chi connectivity index (χ1n) is 3.39. The van der Waals surface area contributed by atoms with Crippen molar-refractivity contribution in [1.29, 1.82) is 0 Å². The second-order valence-corrected chi connectivity index (χ2v) is 2.66. The molecule has 6 heteroatoms. The first kappa shape index (κ1) is 10.3. The quantitative estimate of drug-likeness (QED) is 0.761. The summed E-state index contributed by atoms with van der Waals surface area (Å²) in [7, 11) is 0. The van der Waals surface area contributed by atoms with Gasteiger partial charge in [0.05, 0.1) is 0 Å². The van der Waals surface area contributed by atoms with Crippen LogP contribution in [0, 0.1) is 5.82 Å². The maximum atomic E-state index is 12.9. The van der Waals surface area contributed by atoms with Gasteiger partial charge < -0.3 is 5.73 Å².